The zero-order valence-corrected chi connectivity index (χ0v) is 19.9. The molecule has 1 fully saturated rings. The van der Waals surface area contributed by atoms with E-state index >= 15 is 0 Å². The van der Waals surface area contributed by atoms with Crippen LogP contribution in [-0.2, 0) is 16.1 Å². The Balaban J connectivity index is 1.21. The second-order valence-electron chi connectivity index (χ2n) is 10.2. The Morgan fingerprint density at radius 2 is 2.00 bits per heavy atom. The molecule has 0 aromatic heterocycles. The van der Waals surface area contributed by atoms with E-state index in [-0.39, 0.29) is 18.0 Å². The van der Waals surface area contributed by atoms with Gasteiger partial charge in [-0.15, -0.1) is 0 Å². The monoisotopic (exact) mass is 461 g/mol. The summed E-state index contributed by atoms with van der Waals surface area (Å²) in [4.78, 5) is 33.2. The van der Waals surface area contributed by atoms with Crippen LogP contribution in [0.2, 0.25) is 0 Å². The molecule has 4 aliphatic heterocycles. The summed E-state index contributed by atoms with van der Waals surface area (Å²) >= 11 is 0. The van der Waals surface area contributed by atoms with Gasteiger partial charge in [0.2, 0.25) is 5.91 Å². The molecule has 0 radical (unpaired) electrons. The van der Waals surface area contributed by atoms with E-state index in [0.717, 1.165) is 67.4 Å². The number of hydrogen-bond acceptors (Lipinski definition) is 6. The molecule has 8 heteroatoms. The van der Waals surface area contributed by atoms with E-state index in [2.05, 4.69) is 44.7 Å². The molecule has 1 atom stereocenters. The van der Waals surface area contributed by atoms with Gasteiger partial charge in [0.05, 0.1) is 5.70 Å². The molecule has 4 heterocycles. The molecule has 0 saturated carbocycles. The molecule has 0 spiro atoms. The highest BCUT2D eigenvalue weighted by Gasteiger charge is 2.33. The average molecular weight is 462 g/mol. The minimum atomic E-state index is -0.488. The van der Waals surface area contributed by atoms with Crippen molar-refractivity contribution >= 4 is 17.8 Å². The number of amidine groups is 1. The van der Waals surface area contributed by atoms with Crippen molar-refractivity contribution in [2.75, 3.05) is 19.6 Å². The molecule has 1 aromatic rings. The zero-order chi connectivity index (χ0) is 23.9. The number of hydrogen-bond donors (Lipinski definition) is 2. The molecule has 1 saturated heterocycles. The number of carbonyl (C=O) groups is 2. The van der Waals surface area contributed by atoms with Crippen molar-refractivity contribution in [1.82, 2.24) is 20.4 Å². The molecule has 1 aromatic carbocycles. The van der Waals surface area contributed by atoms with Gasteiger partial charge in [0.1, 0.15) is 11.4 Å². The molecule has 1 unspecified atom stereocenters. The number of carbonyl (C=O) groups excluding carboxylic acids is 2. The van der Waals surface area contributed by atoms with Crippen molar-refractivity contribution in [3.8, 4) is 0 Å². The van der Waals surface area contributed by atoms with Crippen LogP contribution < -0.4 is 10.6 Å². The van der Waals surface area contributed by atoms with Crippen LogP contribution in [0.4, 0.5) is 4.79 Å². The number of nitrogens with one attached hydrogen (secondary N) is 2. The highest BCUT2D eigenvalue weighted by molar-refractivity contribution is 6.02. The summed E-state index contributed by atoms with van der Waals surface area (Å²) in [5.74, 6) is 0.823. The Bertz CT molecular complexity index is 1120. The van der Waals surface area contributed by atoms with Crippen LogP contribution >= 0.6 is 0 Å². The predicted molar refractivity (Wildman–Crippen MR) is 130 cm³/mol. The molecular weight excluding hydrogens is 430 g/mol. The number of aliphatic imine (C=N–C) groups is 1. The van der Waals surface area contributed by atoms with E-state index in [0.29, 0.717) is 0 Å². The lowest BCUT2D eigenvalue weighted by molar-refractivity contribution is -0.115. The quantitative estimate of drug-likeness (QED) is 0.720. The van der Waals surface area contributed by atoms with Crippen LogP contribution in [-0.4, -0.2) is 58.9 Å². The number of amides is 2. The second-order valence-corrected chi connectivity index (χ2v) is 10.2. The molecule has 34 heavy (non-hydrogen) atoms. The maximum atomic E-state index is 12.0. The van der Waals surface area contributed by atoms with Crippen LogP contribution in [0.3, 0.4) is 0 Å². The molecular formula is C26H31N5O3. The van der Waals surface area contributed by atoms with Gasteiger partial charge in [-0.1, -0.05) is 24.3 Å². The highest BCUT2D eigenvalue weighted by Crippen LogP contribution is 2.34. The molecule has 2 N–H and O–H groups in total. The van der Waals surface area contributed by atoms with Crippen molar-refractivity contribution in [2.45, 2.75) is 51.8 Å². The fourth-order valence-corrected chi connectivity index (χ4v) is 4.84. The van der Waals surface area contributed by atoms with Crippen molar-refractivity contribution in [3.63, 3.8) is 0 Å². The van der Waals surface area contributed by atoms with Gasteiger partial charge in [-0.25, -0.2) is 9.79 Å². The topological polar surface area (TPSA) is 86.3 Å². The Labute approximate surface area is 200 Å². The minimum absolute atomic E-state index is 0.0870. The van der Waals surface area contributed by atoms with Gasteiger partial charge < -0.3 is 20.3 Å². The van der Waals surface area contributed by atoms with Crippen molar-refractivity contribution in [2.24, 2.45) is 4.99 Å². The molecule has 5 rings (SSSR count). The predicted octanol–water partition coefficient (Wildman–Crippen LogP) is 3.03. The Kier molecular flexibility index (Phi) is 5.77. The number of nitrogens with zero attached hydrogens (tertiary/aromatic N) is 3. The van der Waals surface area contributed by atoms with E-state index < -0.39 is 5.60 Å². The van der Waals surface area contributed by atoms with E-state index in [4.69, 9.17) is 9.73 Å². The molecule has 0 bridgehead atoms. The number of alkyl carbamates (subject to hydrolysis) is 1. The summed E-state index contributed by atoms with van der Waals surface area (Å²) in [6.07, 6.45) is 6.60. The van der Waals surface area contributed by atoms with Crippen molar-refractivity contribution < 1.29 is 14.3 Å². The van der Waals surface area contributed by atoms with Gasteiger partial charge in [0, 0.05) is 67.8 Å². The van der Waals surface area contributed by atoms with Gasteiger partial charge >= 0.3 is 6.09 Å². The third kappa shape index (κ3) is 4.77. The van der Waals surface area contributed by atoms with E-state index in [9.17, 15) is 9.59 Å². The maximum Gasteiger partial charge on any atom is 0.407 e. The molecule has 178 valence electrons. The van der Waals surface area contributed by atoms with Crippen LogP contribution in [0.25, 0.3) is 0 Å². The molecule has 2 amide bonds. The van der Waals surface area contributed by atoms with Gasteiger partial charge in [-0.2, -0.15) is 0 Å². The van der Waals surface area contributed by atoms with Gasteiger partial charge in [-0.05, 0) is 38.8 Å². The third-order valence-corrected chi connectivity index (χ3v) is 6.30. The highest BCUT2D eigenvalue weighted by atomic mass is 16.6. The minimum Gasteiger partial charge on any atom is -0.444 e. The van der Waals surface area contributed by atoms with Crippen LogP contribution in [0.5, 0.6) is 0 Å². The van der Waals surface area contributed by atoms with E-state index in [1.165, 1.54) is 5.56 Å². The normalized spacial score (nSPS) is 22.1. The third-order valence-electron chi connectivity index (χ3n) is 6.30. The molecule has 8 nitrogen and oxygen atoms in total. The van der Waals surface area contributed by atoms with Crippen molar-refractivity contribution in [1.29, 1.82) is 0 Å². The first kappa shape index (κ1) is 22.4. The summed E-state index contributed by atoms with van der Waals surface area (Å²) in [6, 6.07) is 8.63. The maximum absolute atomic E-state index is 12.0. The lowest BCUT2D eigenvalue weighted by Crippen LogP contribution is -2.40. The lowest BCUT2D eigenvalue weighted by atomic mass is 10.1. The van der Waals surface area contributed by atoms with Gasteiger partial charge in [0.25, 0.3) is 0 Å². The Hall–Kier alpha value is -3.39. The summed E-state index contributed by atoms with van der Waals surface area (Å²) in [7, 11) is 0. The number of benzene rings is 1. The van der Waals surface area contributed by atoms with Crippen LogP contribution in [0, 0.1) is 0 Å². The van der Waals surface area contributed by atoms with Gasteiger partial charge in [0.15, 0.2) is 0 Å². The summed E-state index contributed by atoms with van der Waals surface area (Å²) in [5, 5.41) is 5.98. The fraction of sp³-hybridized carbons (Fsp3) is 0.423. The summed E-state index contributed by atoms with van der Waals surface area (Å²) in [6.45, 7) is 9.00. The second kappa shape index (κ2) is 8.76. The van der Waals surface area contributed by atoms with E-state index in [1.807, 2.05) is 33.0 Å². The average Bonchev–Trinajstić information content (AvgIpc) is 3.34. The van der Waals surface area contributed by atoms with Crippen molar-refractivity contribution in [3.05, 3.63) is 70.7 Å². The van der Waals surface area contributed by atoms with E-state index in [1.54, 1.807) is 6.08 Å². The SMILES string of the molecule is CC(C)(C)OC(=O)NC1CCN(Cc2ccc(C3=NC=C4C=CC(=O)NC5=C4N3CC5)cc2)C1. The standard InChI is InChI=1S/C26H31N5O3/c1-26(2,3)34-25(33)28-20-10-12-30(16-20)15-17-4-6-18(7-5-17)24-27-14-19-8-9-22(32)29-21-11-13-31(24)23(19)21/h4-9,14,20H,10-13,15-16H2,1-3H3,(H,28,33)(H,29,32). The summed E-state index contributed by atoms with van der Waals surface area (Å²) < 4.78 is 5.37. The number of ether oxygens (including phenoxy) is 1. The molecule has 0 aliphatic carbocycles. The zero-order valence-electron chi connectivity index (χ0n) is 19.9. The van der Waals surface area contributed by atoms with Gasteiger partial charge in [-0.3, -0.25) is 9.69 Å². The first-order valence-electron chi connectivity index (χ1n) is 11.8. The Morgan fingerprint density at radius 3 is 2.76 bits per heavy atom. The molecule has 4 aliphatic rings. The summed E-state index contributed by atoms with van der Waals surface area (Å²) in [5.41, 5.74) is 4.77. The fourth-order valence-electron chi connectivity index (χ4n) is 4.84. The number of allylic oxidation sites excluding steroid dienone is 1. The van der Waals surface area contributed by atoms with Crippen LogP contribution in [0.15, 0.2) is 64.6 Å². The first-order valence-corrected chi connectivity index (χ1v) is 11.8. The Morgan fingerprint density at radius 1 is 1.21 bits per heavy atom. The van der Waals surface area contributed by atoms with Crippen LogP contribution in [0.1, 0.15) is 44.7 Å². The smallest absolute Gasteiger partial charge is 0.407 e. The largest absolute Gasteiger partial charge is 0.444 e. The number of likely N-dealkylation sites (tertiary alicyclic amines) is 1. The lowest BCUT2D eigenvalue weighted by Gasteiger charge is -2.27. The number of rotatable bonds is 4. The first-order chi connectivity index (χ1) is 16.2.